The van der Waals surface area contributed by atoms with E-state index in [0.29, 0.717) is 5.56 Å². The van der Waals surface area contributed by atoms with Gasteiger partial charge in [0.1, 0.15) is 0 Å². The van der Waals surface area contributed by atoms with Crippen molar-refractivity contribution in [2.75, 3.05) is 0 Å². The molecule has 0 aromatic heterocycles. The van der Waals surface area contributed by atoms with Crippen LogP contribution in [0.3, 0.4) is 0 Å². The zero-order valence-electron chi connectivity index (χ0n) is 11.9. The third kappa shape index (κ3) is 1.94. The monoisotopic (exact) mass is 287 g/mol. The zero-order valence-corrected chi connectivity index (χ0v) is 11.9. The van der Waals surface area contributed by atoms with Crippen LogP contribution in [-0.2, 0) is 16.1 Å². The average molecular weight is 287 g/mol. The van der Waals surface area contributed by atoms with Crippen LogP contribution in [0, 0.1) is 17.3 Å². The van der Waals surface area contributed by atoms with E-state index in [1.807, 2.05) is 13.8 Å². The first-order valence-corrected chi connectivity index (χ1v) is 6.83. The van der Waals surface area contributed by atoms with Gasteiger partial charge in [0.2, 0.25) is 11.8 Å². The second-order valence-electron chi connectivity index (χ2n) is 6.21. The smallest absolute Gasteiger partial charge is 0.265 e. The fraction of sp³-hybridized carbons (Fsp3) is 0.400. The number of nitrogens with two attached hydrogens (primary N) is 1. The highest BCUT2D eigenvalue weighted by atomic mass is 16.2. The Bertz CT molecular complexity index is 629. The van der Waals surface area contributed by atoms with E-state index in [1.54, 1.807) is 24.3 Å². The first-order chi connectivity index (χ1) is 9.87. The summed E-state index contributed by atoms with van der Waals surface area (Å²) in [5.74, 6) is 4.12. The summed E-state index contributed by atoms with van der Waals surface area (Å²) < 4.78 is 0. The molecule has 3 rings (SSSR count). The van der Waals surface area contributed by atoms with Crippen LogP contribution in [0.5, 0.6) is 0 Å². The first kappa shape index (κ1) is 13.8. The van der Waals surface area contributed by atoms with Gasteiger partial charge in [-0.3, -0.25) is 24.7 Å². The quantitative estimate of drug-likeness (QED) is 0.365. The van der Waals surface area contributed by atoms with E-state index in [-0.39, 0.29) is 35.6 Å². The molecule has 1 aromatic rings. The van der Waals surface area contributed by atoms with Gasteiger partial charge in [0.05, 0.1) is 18.4 Å². The van der Waals surface area contributed by atoms with Crippen LogP contribution >= 0.6 is 0 Å². The van der Waals surface area contributed by atoms with Crippen LogP contribution in [0.15, 0.2) is 24.3 Å². The molecule has 1 saturated heterocycles. The number of benzene rings is 1. The van der Waals surface area contributed by atoms with E-state index in [1.165, 1.54) is 4.90 Å². The lowest BCUT2D eigenvalue weighted by Crippen LogP contribution is -2.35. The van der Waals surface area contributed by atoms with E-state index < -0.39 is 5.91 Å². The fourth-order valence-corrected chi connectivity index (χ4v) is 3.24. The van der Waals surface area contributed by atoms with Crippen molar-refractivity contribution in [3.8, 4) is 0 Å². The van der Waals surface area contributed by atoms with Crippen molar-refractivity contribution in [3.05, 3.63) is 35.4 Å². The molecule has 3 N–H and O–H groups in total. The van der Waals surface area contributed by atoms with Crippen LogP contribution in [-0.4, -0.2) is 22.6 Å². The molecule has 2 unspecified atom stereocenters. The highest BCUT2D eigenvalue weighted by molar-refractivity contribution is 6.10. The fourth-order valence-electron chi connectivity index (χ4n) is 3.24. The van der Waals surface area contributed by atoms with Gasteiger partial charge in [-0.2, -0.15) is 0 Å². The minimum atomic E-state index is -0.403. The summed E-state index contributed by atoms with van der Waals surface area (Å²) >= 11 is 0. The van der Waals surface area contributed by atoms with E-state index in [9.17, 15) is 14.4 Å². The van der Waals surface area contributed by atoms with Gasteiger partial charge in [-0.05, 0) is 23.1 Å². The average Bonchev–Trinajstić information content (AvgIpc) is 2.94. The molecule has 21 heavy (non-hydrogen) atoms. The van der Waals surface area contributed by atoms with Gasteiger partial charge in [-0.1, -0.05) is 26.0 Å². The molecule has 0 bridgehead atoms. The summed E-state index contributed by atoms with van der Waals surface area (Å²) in [5, 5.41) is 0. The highest BCUT2D eigenvalue weighted by Gasteiger charge is 2.72. The number of imide groups is 1. The second kappa shape index (κ2) is 4.39. The SMILES string of the molecule is CC1(C)C2C(=O)N(Cc3cccc(C(=O)NN)c3)C(=O)C21. The molecule has 110 valence electrons. The van der Waals surface area contributed by atoms with E-state index >= 15 is 0 Å². The normalized spacial score (nSPS) is 25.8. The number of hydrogen-bond donors (Lipinski definition) is 2. The predicted octanol–water partition coefficient (Wildman–Crippen LogP) is 0.431. The van der Waals surface area contributed by atoms with Crippen molar-refractivity contribution >= 4 is 17.7 Å². The molecule has 0 radical (unpaired) electrons. The standard InChI is InChI=1S/C15H17N3O3/c1-15(2)10-11(15)14(21)18(13(10)20)7-8-4-3-5-9(6-8)12(19)17-16/h3-6,10-11H,7,16H2,1-2H3,(H,17,19). The van der Waals surface area contributed by atoms with Gasteiger partial charge in [0.25, 0.3) is 5.91 Å². The molecule has 2 fully saturated rings. The minimum Gasteiger partial charge on any atom is -0.290 e. The number of nitrogens with one attached hydrogen (secondary N) is 1. The predicted molar refractivity (Wildman–Crippen MR) is 74.4 cm³/mol. The summed E-state index contributed by atoms with van der Waals surface area (Å²) in [5.41, 5.74) is 2.99. The Labute approximate surface area is 122 Å². The number of rotatable bonds is 3. The molecule has 1 aromatic carbocycles. The number of hydrazine groups is 1. The van der Waals surface area contributed by atoms with Gasteiger partial charge >= 0.3 is 0 Å². The van der Waals surface area contributed by atoms with Crippen LogP contribution in [0.4, 0.5) is 0 Å². The second-order valence-corrected chi connectivity index (χ2v) is 6.21. The van der Waals surface area contributed by atoms with E-state index in [2.05, 4.69) is 5.43 Å². The number of carbonyl (C=O) groups excluding carboxylic acids is 3. The topological polar surface area (TPSA) is 92.5 Å². The van der Waals surface area contributed by atoms with Crippen molar-refractivity contribution in [1.82, 2.24) is 10.3 Å². The van der Waals surface area contributed by atoms with Crippen LogP contribution in [0.1, 0.15) is 29.8 Å². The molecule has 1 aliphatic carbocycles. The summed E-state index contributed by atoms with van der Waals surface area (Å²) in [7, 11) is 0. The maximum atomic E-state index is 12.3. The maximum Gasteiger partial charge on any atom is 0.265 e. The van der Waals surface area contributed by atoms with Crippen molar-refractivity contribution in [1.29, 1.82) is 0 Å². The number of carbonyl (C=O) groups is 3. The number of hydrogen-bond acceptors (Lipinski definition) is 4. The van der Waals surface area contributed by atoms with Gasteiger partial charge < -0.3 is 0 Å². The summed E-state index contributed by atoms with van der Waals surface area (Å²) in [4.78, 5) is 37.3. The van der Waals surface area contributed by atoms with Gasteiger partial charge in [0.15, 0.2) is 0 Å². The van der Waals surface area contributed by atoms with Gasteiger partial charge in [0, 0.05) is 5.56 Å². The van der Waals surface area contributed by atoms with Gasteiger partial charge in [-0.15, -0.1) is 0 Å². The molecular weight excluding hydrogens is 270 g/mol. The number of likely N-dealkylation sites (tertiary alicyclic amines) is 1. The Morgan fingerprint density at radius 1 is 1.29 bits per heavy atom. The van der Waals surface area contributed by atoms with Crippen molar-refractivity contribution in [3.63, 3.8) is 0 Å². The molecule has 2 aliphatic rings. The lowest BCUT2D eigenvalue weighted by Gasteiger charge is -2.20. The number of piperidine rings is 1. The molecule has 3 amide bonds. The summed E-state index contributed by atoms with van der Waals surface area (Å²) in [6.07, 6.45) is 0. The van der Waals surface area contributed by atoms with Crippen molar-refractivity contribution in [2.45, 2.75) is 20.4 Å². The summed E-state index contributed by atoms with van der Waals surface area (Å²) in [6.45, 7) is 4.09. The maximum absolute atomic E-state index is 12.3. The van der Waals surface area contributed by atoms with Crippen LogP contribution < -0.4 is 11.3 Å². The molecule has 2 atom stereocenters. The Morgan fingerprint density at radius 2 is 1.90 bits per heavy atom. The molecule has 1 heterocycles. The highest BCUT2D eigenvalue weighted by Crippen LogP contribution is 2.63. The molecule has 0 spiro atoms. The summed E-state index contributed by atoms with van der Waals surface area (Å²) in [6, 6.07) is 6.75. The molecule has 6 nitrogen and oxygen atoms in total. The third-order valence-electron chi connectivity index (χ3n) is 4.55. The molecule has 6 heteroatoms. The van der Waals surface area contributed by atoms with Crippen LogP contribution in [0.25, 0.3) is 0 Å². The Hall–Kier alpha value is -2.21. The lowest BCUT2D eigenvalue weighted by molar-refractivity contribution is -0.143. The Morgan fingerprint density at radius 3 is 2.48 bits per heavy atom. The number of nitrogen functional groups attached to an aromatic ring is 1. The van der Waals surface area contributed by atoms with E-state index in [0.717, 1.165) is 5.56 Å². The number of amides is 3. The Balaban J connectivity index is 1.78. The third-order valence-corrected chi connectivity index (χ3v) is 4.55. The molecule has 1 aliphatic heterocycles. The zero-order chi connectivity index (χ0) is 15.4. The Kier molecular flexibility index (Phi) is 2.88. The lowest BCUT2D eigenvalue weighted by atomic mass is 10.0. The minimum absolute atomic E-state index is 0.108. The van der Waals surface area contributed by atoms with Crippen LogP contribution in [0.2, 0.25) is 0 Å². The number of fused-ring (bicyclic) bond motifs is 1. The number of nitrogens with zero attached hydrogens (tertiary/aromatic N) is 1. The first-order valence-electron chi connectivity index (χ1n) is 6.83. The largest absolute Gasteiger partial charge is 0.290 e. The van der Waals surface area contributed by atoms with E-state index in [4.69, 9.17) is 5.84 Å². The van der Waals surface area contributed by atoms with Crippen molar-refractivity contribution < 1.29 is 14.4 Å². The molecule has 1 saturated carbocycles. The van der Waals surface area contributed by atoms with Crippen molar-refractivity contribution in [2.24, 2.45) is 23.1 Å². The molecular formula is C15H17N3O3. The van der Waals surface area contributed by atoms with Gasteiger partial charge in [-0.25, -0.2) is 5.84 Å².